The Kier molecular flexibility index (Phi) is 10.4. The summed E-state index contributed by atoms with van der Waals surface area (Å²) in [6.07, 6.45) is 2.91. The SMILES string of the molecule is CCNC(=NCC1CCN(Cc2cccs2)CC1)NCCC(=O)N(CC)CC. The van der Waals surface area contributed by atoms with E-state index in [4.69, 9.17) is 4.99 Å². The molecule has 1 aromatic heterocycles. The van der Waals surface area contributed by atoms with Gasteiger partial charge in [-0.25, -0.2) is 0 Å². The van der Waals surface area contributed by atoms with Crippen LogP contribution in [0.5, 0.6) is 0 Å². The van der Waals surface area contributed by atoms with Crippen molar-refractivity contribution in [1.82, 2.24) is 20.4 Å². The second kappa shape index (κ2) is 12.8. The van der Waals surface area contributed by atoms with Gasteiger partial charge in [-0.05, 0) is 64.1 Å². The van der Waals surface area contributed by atoms with Gasteiger partial charge in [-0.2, -0.15) is 0 Å². The Bertz CT molecular complexity index is 578. The van der Waals surface area contributed by atoms with E-state index in [2.05, 4.69) is 40.0 Å². The molecule has 0 atom stereocenters. The molecule has 1 aromatic rings. The molecule has 1 aliphatic rings. The summed E-state index contributed by atoms with van der Waals surface area (Å²) in [5.74, 6) is 1.68. The van der Waals surface area contributed by atoms with Crippen molar-refractivity contribution < 1.29 is 4.79 Å². The molecule has 0 aliphatic carbocycles. The van der Waals surface area contributed by atoms with Gasteiger partial charge in [-0.1, -0.05) is 6.07 Å². The number of nitrogens with one attached hydrogen (secondary N) is 2. The molecular weight excluding hydrogens is 370 g/mol. The Morgan fingerprint density at radius 1 is 1.25 bits per heavy atom. The molecule has 6 nitrogen and oxygen atoms in total. The van der Waals surface area contributed by atoms with Gasteiger partial charge in [0.25, 0.3) is 0 Å². The van der Waals surface area contributed by atoms with Gasteiger partial charge in [0.1, 0.15) is 0 Å². The predicted molar refractivity (Wildman–Crippen MR) is 119 cm³/mol. The van der Waals surface area contributed by atoms with E-state index in [0.717, 1.165) is 51.8 Å². The second-order valence-corrected chi connectivity index (χ2v) is 8.29. The highest BCUT2D eigenvalue weighted by Gasteiger charge is 2.19. The first-order valence-electron chi connectivity index (χ1n) is 10.7. The summed E-state index contributed by atoms with van der Waals surface area (Å²) in [6, 6.07) is 4.35. The topological polar surface area (TPSA) is 60.0 Å². The third-order valence-corrected chi connectivity index (χ3v) is 6.13. The molecule has 2 heterocycles. The lowest BCUT2D eigenvalue weighted by molar-refractivity contribution is -0.130. The second-order valence-electron chi connectivity index (χ2n) is 7.26. The molecule has 28 heavy (non-hydrogen) atoms. The van der Waals surface area contributed by atoms with E-state index in [1.165, 1.54) is 17.7 Å². The van der Waals surface area contributed by atoms with Gasteiger partial charge in [-0.3, -0.25) is 14.7 Å². The van der Waals surface area contributed by atoms with Crippen LogP contribution in [0.1, 0.15) is 44.9 Å². The molecule has 1 amide bonds. The van der Waals surface area contributed by atoms with Crippen LogP contribution in [0.25, 0.3) is 0 Å². The molecule has 2 rings (SSSR count). The zero-order chi connectivity index (χ0) is 20.2. The molecule has 2 N–H and O–H groups in total. The number of likely N-dealkylation sites (tertiary alicyclic amines) is 1. The summed E-state index contributed by atoms with van der Waals surface area (Å²) in [6.45, 7) is 13.4. The third kappa shape index (κ3) is 7.80. The third-order valence-electron chi connectivity index (χ3n) is 5.27. The number of nitrogens with zero attached hydrogens (tertiary/aromatic N) is 3. The van der Waals surface area contributed by atoms with Crippen LogP contribution in [0, 0.1) is 5.92 Å². The van der Waals surface area contributed by atoms with E-state index in [1.807, 2.05) is 30.1 Å². The average Bonchev–Trinajstić information content (AvgIpc) is 3.21. The van der Waals surface area contributed by atoms with Crippen LogP contribution >= 0.6 is 11.3 Å². The Hall–Kier alpha value is -1.60. The standard InChI is InChI=1S/C21H37N5OS/c1-4-22-21(23-12-9-20(27)26(5-2)6-3)24-16-18-10-13-25(14-11-18)17-19-8-7-15-28-19/h7-8,15,18H,4-6,9-14,16-17H2,1-3H3,(H2,22,23,24). The minimum atomic E-state index is 0.200. The summed E-state index contributed by atoms with van der Waals surface area (Å²) < 4.78 is 0. The van der Waals surface area contributed by atoms with Crippen molar-refractivity contribution in [2.45, 2.75) is 46.6 Å². The number of thiophene rings is 1. The van der Waals surface area contributed by atoms with Crippen LogP contribution < -0.4 is 10.6 Å². The monoisotopic (exact) mass is 407 g/mol. The van der Waals surface area contributed by atoms with E-state index in [1.54, 1.807) is 0 Å². The molecule has 1 fully saturated rings. The number of hydrogen-bond acceptors (Lipinski definition) is 4. The Labute approximate surface area is 174 Å². The predicted octanol–water partition coefficient (Wildman–Crippen LogP) is 2.77. The van der Waals surface area contributed by atoms with Crippen LogP contribution in [0.15, 0.2) is 22.5 Å². The van der Waals surface area contributed by atoms with Crippen molar-refractivity contribution in [3.8, 4) is 0 Å². The van der Waals surface area contributed by atoms with Crippen LogP contribution in [-0.4, -0.2) is 67.5 Å². The number of carbonyl (C=O) groups is 1. The maximum atomic E-state index is 12.1. The highest BCUT2D eigenvalue weighted by atomic mass is 32.1. The lowest BCUT2D eigenvalue weighted by Gasteiger charge is -2.31. The van der Waals surface area contributed by atoms with Gasteiger partial charge in [0, 0.05) is 50.6 Å². The first-order chi connectivity index (χ1) is 13.7. The summed E-state index contributed by atoms with van der Waals surface area (Å²) in [7, 11) is 0. The van der Waals surface area contributed by atoms with Crippen molar-refractivity contribution in [2.24, 2.45) is 10.9 Å². The number of amides is 1. The van der Waals surface area contributed by atoms with Crippen LogP contribution in [-0.2, 0) is 11.3 Å². The maximum Gasteiger partial charge on any atom is 0.224 e. The largest absolute Gasteiger partial charge is 0.357 e. The number of carbonyl (C=O) groups excluding carboxylic acids is 1. The molecule has 158 valence electrons. The molecule has 0 saturated carbocycles. The molecule has 1 saturated heterocycles. The Morgan fingerprint density at radius 3 is 2.61 bits per heavy atom. The minimum Gasteiger partial charge on any atom is -0.357 e. The van der Waals surface area contributed by atoms with Gasteiger partial charge in [0.05, 0.1) is 0 Å². The summed E-state index contributed by atoms with van der Waals surface area (Å²) in [5.41, 5.74) is 0. The number of hydrogen-bond donors (Lipinski definition) is 2. The molecule has 0 bridgehead atoms. The van der Waals surface area contributed by atoms with Crippen molar-refractivity contribution >= 4 is 23.2 Å². The summed E-state index contributed by atoms with van der Waals surface area (Å²) in [4.78, 5) is 22.8. The highest BCUT2D eigenvalue weighted by molar-refractivity contribution is 7.09. The summed E-state index contributed by atoms with van der Waals surface area (Å²) >= 11 is 1.84. The number of piperidine rings is 1. The van der Waals surface area contributed by atoms with Crippen molar-refractivity contribution in [3.63, 3.8) is 0 Å². The molecule has 7 heteroatoms. The van der Waals surface area contributed by atoms with Crippen molar-refractivity contribution in [2.75, 3.05) is 45.8 Å². The van der Waals surface area contributed by atoms with E-state index >= 15 is 0 Å². The number of rotatable bonds is 10. The zero-order valence-corrected chi connectivity index (χ0v) is 18.6. The van der Waals surface area contributed by atoms with E-state index in [0.29, 0.717) is 18.9 Å². The molecule has 0 spiro atoms. The first-order valence-corrected chi connectivity index (χ1v) is 11.6. The molecule has 0 unspecified atom stereocenters. The Morgan fingerprint density at radius 2 is 2.00 bits per heavy atom. The van der Waals surface area contributed by atoms with Crippen LogP contribution in [0.4, 0.5) is 0 Å². The van der Waals surface area contributed by atoms with Crippen molar-refractivity contribution in [1.29, 1.82) is 0 Å². The quantitative estimate of drug-likeness (QED) is 0.462. The van der Waals surface area contributed by atoms with Gasteiger partial charge in [-0.15, -0.1) is 11.3 Å². The van der Waals surface area contributed by atoms with Crippen molar-refractivity contribution in [3.05, 3.63) is 22.4 Å². The van der Waals surface area contributed by atoms with Gasteiger partial charge in [0.15, 0.2) is 5.96 Å². The smallest absolute Gasteiger partial charge is 0.224 e. The van der Waals surface area contributed by atoms with Crippen LogP contribution in [0.2, 0.25) is 0 Å². The number of guanidine groups is 1. The van der Waals surface area contributed by atoms with Gasteiger partial charge >= 0.3 is 0 Å². The van der Waals surface area contributed by atoms with E-state index in [9.17, 15) is 4.79 Å². The normalized spacial score (nSPS) is 16.2. The molecule has 0 radical (unpaired) electrons. The molecular formula is C21H37N5OS. The van der Waals surface area contributed by atoms with Gasteiger partial charge in [0.2, 0.25) is 5.91 Å². The molecule has 0 aromatic carbocycles. The molecule has 1 aliphatic heterocycles. The Balaban J connectivity index is 1.71. The minimum absolute atomic E-state index is 0.200. The maximum absolute atomic E-state index is 12.1. The lowest BCUT2D eigenvalue weighted by atomic mass is 9.97. The fourth-order valence-corrected chi connectivity index (χ4v) is 4.28. The highest BCUT2D eigenvalue weighted by Crippen LogP contribution is 2.20. The summed E-state index contributed by atoms with van der Waals surface area (Å²) in [5, 5.41) is 8.77. The fraction of sp³-hybridized carbons (Fsp3) is 0.714. The lowest BCUT2D eigenvalue weighted by Crippen LogP contribution is -2.40. The average molecular weight is 408 g/mol. The van der Waals surface area contributed by atoms with E-state index in [-0.39, 0.29) is 5.91 Å². The first kappa shape index (κ1) is 22.7. The fourth-order valence-electron chi connectivity index (χ4n) is 3.53. The van der Waals surface area contributed by atoms with Gasteiger partial charge < -0.3 is 15.5 Å². The zero-order valence-electron chi connectivity index (χ0n) is 17.7. The van der Waals surface area contributed by atoms with Crippen LogP contribution in [0.3, 0.4) is 0 Å². The number of aliphatic imine (C=N–C) groups is 1. The van der Waals surface area contributed by atoms with E-state index < -0.39 is 0 Å².